The molecule has 0 aromatic carbocycles. The maximum Gasteiger partial charge on any atom is 0.158 e. The van der Waals surface area contributed by atoms with Gasteiger partial charge in [-0.05, 0) is 7.05 Å². The number of nitrogens with zero attached hydrogens (tertiary/aromatic N) is 3. The summed E-state index contributed by atoms with van der Waals surface area (Å²) >= 11 is 0. The van der Waals surface area contributed by atoms with Crippen LogP contribution < -0.4 is 11.1 Å². The molecule has 0 saturated carbocycles. The SMILES string of the molecule is CNC(CN)c1cnc(C#N)cn1. The number of rotatable bonds is 3. The lowest BCUT2D eigenvalue weighted by atomic mass is 10.2. The molecule has 0 saturated heterocycles. The van der Waals surface area contributed by atoms with E-state index in [0.717, 1.165) is 5.69 Å². The van der Waals surface area contributed by atoms with Crippen LogP contribution in [0.3, 0.4) is 0 Å². The van der Waals surface area contributed by atoms with Crippen LogP contribution >= 0.6 is 0 Å². The van der Waals surface area contributed by atoms with Crippen molar-refractivity contribution < 1.29 is 0 Å². The van der Waals surface area contributed by atoms with E-state index in [1.807, 2.05) is 6.07 Å². The van der Waals surface area contributed by atoms with E-state index in [2.05, 4.69) is 15.3 Å². The van der Waals surface area contributed by atoms with Gasteiger partial charge in [0.25, 0.3) is 0 Å². The first-order chi connectivity index (χ1) is 6.31. The molecule has 0 aliphatic rings. The summed E-state index contributed by atoms with van der Waals surface area (Å²) in [6.07, 6.45) is 3.00. The van der Waals surface area contributed by atoms with Gasteiger partial charge in [-0.1, -0.05) is 0 Å². The second-order valence-corrected chi connectivity index (χ2v) is 2.52. The second kappa shape index (κ2) is 4.50. The lowest BCUT2D eigenvalue weighted by molar-refractivity contribution is 0.586. The maximum atomic E-state index is 8.49. The van der Waals surface area contributed by atoms with E-state index in [1.54, 1.807) is 13.2 Å². The zero-order valence-electron chi connectivity index (χ0n) is 7.36. The van der Waals surface area contributed by atoms with Crippen molar-refractivity contribution in [3.63, 3.8) is 0 Å². The molecule has 0 bridgehead atoms. The van der Waals surface area contributed by atoms with Crippen molar-refractivity contribution >= 4 is 0 Å². The summed E-state index contributed by atoms with van der Waals surface area (Å²) < 4.78 is 0. The van der Waals surface area contributed by atoms with E-state index in [4.69, 9.17) is 11.0 Å². The molecular weight excluding hydrogens is 166 g/mol. The Hall–Kier alpha value is -1.51. The molecule has 0 aliphatic heterocycles. The van der Waals surface area contributed by atoms with Gasteiger partial charge in [0.05, 0.1) is 24.1 Å². The van der Waals surface area contributed by atoms with E-state index in [-0.39, 0.29) is 6.04 Å². The van der Waals surface area contributed by atoms with Crippen molar-refractivity contribution in [2.24, 2.45) is 5.73 Å². The fraction of sp³-hybridized carbons (Fsp3) is 0.375. The fourth-order valence-electron chi connectivity index (χ4n) is 0.962. The second-order valence-electron chi connectivity index (χ2n) is 2.52. The van der Waals surface area contributed by atoms with Crippen LogP contribution in [-0.2, 0) is 0 Å². The number of likely N-dealkylation sites (N-methyl/N-ethyl adjacent to an activating group) is 1. The normalized spacial score (nSPS) is 12.1. The molecule has 1 aromatic rings. The average Bonchev–Trinajstić information content (AvgIpc) is 2.21. The first kappa shape index (κ1) is 9.58. The van der Waals surface area contributed by atoms with Crippen LogP contribution in [0.5, 0.6) is 0 Å². The van der Waals surface area contributed by atoms with Crippen molar-refractivity contribution in [2.45, 2.75) is 6.04 Å². The van der Waals surface area contributed by atoms with Gasteiger partial charge in [-0.15, -0.1) is 0 Å². The van der Waals surface area contributed by atoms with Crippen LogP contribution in [0.1, 0.15) is 17.4 Å². The summed E-state index contributed by atoms with van der Waals surface area (Å²) in [7, 11) is 1.80. The standard InChI is InChI=1S/C8H11N5/c1-11-7(3-10)8-5-12-6(2-9)4-13-8/h4-5,7,11H,3,10H2,1H3. The molecule has 68 valence electrons. The number of hydrogen-bond donors (Lipinski definition) is 2. The molecule has 5 nitrogen and oxygen atoms in total. The Balaban J connectivity index is 2.85. The third kappa shape index (κ3) is 2.21. The highest BCUT2D eigenvalue weighted by Gasteiger charge is 2.07. The number of nitrogens with two attached hydrogens (primary N) is 1. The van der Waals surface area contributed by atoms with Gasteiger partial charge in [0, 0.05) is 6.54 Å². The molecule has 0 radical (unpaired) electrons. The van der Waals surface area contributed by atoms with Gasteiger partial charge in [-0.3, -0.25) is 4.98 Å². The highest BCUT2D eigenvalue weighted by atomic mass is 14.9. The first-order valence-electron chi connectivity index (χ1n) is 3.91. The fourth-order valence-corrected chi connectivity index (χ4v) is 0.962. The predicted octanol–water partition coefficient (Wildman–Crippen LogP) is -0.433. The average molecular weight is 177 g/mol. The lowest BCUT2D eigenvalue weighted by Crippen LogP contribution is -2.25. The van der Waals surface area contributed by atoms with Gasteiger partial charge in [0.1, 0.15) is 6.07 Å². The minimum absolute atomic E-state index is 0.000225. The van der Waals surface area contributed by atoms with Crippen molar-refractivity contribution in [3.05, 3.63) is 23.8 Å². The maximum absolute atomic E-state index is 8.49. The monoisotopic (exact) mass is 177 g/mol. The third-order valence-corrected chi connectivity index (χ3v) is 1.73. The Labute approximate surface area is 76.6 Å². The molecule has 0 aliphatic carbocycles. The molecule has 5 heteroatoms. The topological polar surface area (TPSA) is 87.6 Å². The lowest BCUT2D eigenvalue weighted by Gasteiger charge is -2.11. The summed E-state index contributed by atoms with van der Waals surface area (Å²) in [6.45, 7) is 0.455. The van der Waals surface area contributed by atoms with Crippen LogP contribution in [0.15, 0.2) is 12.4 Å². The minimum Gasteiger partial charge on any atom is -0.329 e. The highest BCUT2D eigenvalue weighted by molar-refractivity contribution is 5.17. The van der Waals surface area contributed by atoms with Gasteiger partial charge in [-0.2, -0.15) is 5.26 Å². The molecule has 3 N–H and O–H groups in total. The van der Waals surface area contributed by atoms with E-state index in [1.165, 1.54) is 6.20 Å². The Morgan fingerprint density at radius 1 is 1.62 bits per heavy atom. The van der Waals surface area contributed by atoms with Crippen molar-refractivity contribution in [3.8, 4) is 6.07 Å². The molecule has 1 atom stereocenters. The van der Waals surface area contributed by atoms with Crippen molar-refractivity contribution in [2.75, 3.05) is 13.6 Å². The number of hydrogen-bond acceptors (Lipinski definition) is 5. The molecule has 13 heavy (non-hydrogen) atoms. The third-order valence-electron chi connectivity index (χ3n) is 1.73. The van der Waals surface area contributed by atoms with E-state index in [9.17, 15) is 0 Å². The summed E-state index contributed by atoms with van der Waals surface area (Å²) in [6, 6.07) is 1.90. The first-order valence-corrected chi connectivity index (χ1v) is 3.91. The molecule has 0 amide bonds. The molecule has 1 aromatic heterocycles. The number of nitrogens with one attached hydrogen (secondary N) is 1. The minimum atomic E-state index is 0.000225. The molecule has 0 fully saturated rings. The Kier molecular flexibility index (Phi) is 3.31. The number of aromatic nitrogens is 2. The van der Waals surface area contributed by atoms with E-state index in [0.29, 0.717) is 12.2 Å². The van der Waals surface area contributed by atoms with Gasteiger partial charge < -0.3 is 11.1 Å². The van der Waals surface area contributed by atoms with Crippen molar-refractivity contribution in [1.29, 1.82) is 5.26 Å². The molecular formula is C8H11N5. The van der Waals surface area contributed by atoms with Crippen LogP contribution in [0.2, 0.25) is 0 Å². The summed E-state index contributed by atoms with van der Waals surface area (Å²) in [5.41, 5.74) is 6.56. The summed E-state index contributed by atoms with van der Waals surface area (Å²) in [5, 5.41) is 11.5. The van der Waals surface area contributed by atoms with Crippen LogP contribution in [-0.4, -0.2) is 23.6 Å². The van der Waals surface area contributed by atoms with Crippen molar-refractivity contribution in [1.82, 2.24) is 15.3 Å². The molecule has 0 spiro atoms. The molecule has 1 rings (SSSR count). The summed E-state index contributed by atoms with van der Waals surface area (Å²) in [5.74, 6) is 0. The Bertz CT molecular complexity index is 295. The smallest absolute Gasteiger partial charge is 0.158 e. The zero-order chi connectivity index (χ0) is 9.68. The van der Waals surface area contributed by atoms with Crippen LogP contribution in [0.25, 0.3) is 0 Å². The van der Waals surface area contributed by atoms with Gasteiger partial charge >= 0.3 is 0 Å². The van der Waals surface area contributed by atoms with Gasteiger partial charge in [-0.25, -0.2) is 4.98 Å². The van der Waals surface area contributed by atoms with Gasteiger partial charge in [0.15, 0.2) is 5.69 Å². The highest BCUT2D eigenvalue weighted by Crippen LogP contribution is 2.05. The van der Waals surface area contributed by atoms with Crippen LogP contribution in [0.4, 0.5) is 0 Å². The predicted molar refractivity (Wildman–Crippen MR) is 47.6 cm³/mol. The Morgan fingerprint density at radius 2 is 2.38 bits per heavy atom. The number of nitriles is 1. The van der Waals surface area contributed by atoms with Crippen LogP contribution in [0, 0.1) is 11.3 Å². The quantitative estimate of drug-likeness (QED) is 0.654. The Morgan fingerprint density at radius 3 is 2.77 bits per heavy atom. The van der Waals surface area contributed by atoms with E-state index >= 15 is 0 Å². The molecule has 1 unspecified atom stereocenters. The zero-order valence-corrected chi connectivity index (χ0v) is 7.36. The van der Waals surface area contributed by atoms with Gasteiger partial charge in [0.2, 0.25) is 0 Å². The molecule has 1 heterocycles. The largest absolute Gasteiger partial charge is 0.329 e. The summed E-state index contributed by atoms with van der Waals surface area (Å²) in [4.78, 5) is 7.96. The van der Waals surface area contributed by atoms with E-state index < -0.39 is 0 Å².